The van der Waals surface area contributed by atoms with Crippen molar-refractivity contribution in [3.05, 3.63) is 29.8 Å². The fraction of sp³-hybridized carbons (Fsp3) is 0.462. The van der Waals surface area contributed by atoms with Crippen LogP contribution < -0.4 is 10.6 Å². The molecule has 1 saturated carbocycles. The van der Waals surface area contributed by atoms with Crippen LogP contribution in [0.1, 0.15) is 31.4 Å². The lowest BCUT2D eigenvalue weighted by Crippen LogP contribution is -2.36. The maximum Gasteiger partial charge on any atom is 0.234 e. The molecule has 1 amide bonds. The summed E-state index contributed by atoms with van der Waals surface area (Å²) in [5.41, 5.74) is 1.06. The van der Waals surface area contributed by atoms with Gasteiger partial charge in [0.15, 0.2) is 0 Å². The summed E-state index contributed by atoms with van der Waals surface area (Å²) >= 11 is 0. The Kier molecular flexibility index (Phi) is 3.64. The van der Waals surface area contributed by atoms with E-state index in [2.05, 4.69) is 10.6 Å². The average Bonchev–Trinajstić information content (AvgIpc) is 3.11. The van der Waals surface area contributed by atoms with E-state index in [1.807, 2.05) is 19.1 Å². The van der Waals surface area contributed by atoms with Gasteiger partial charge in [-0.15, -0.1) is 0 Å². The van der Waals surface area contributed by atoms with Gasteiger partial charge < -0.3 is 15.7 Å². The summed E-state index contributed by atoms with van der Waals surface area (Å²) in [5, 5.41) is 15.3. The minimum absolute atomic E-state index is 0.0538. The van der Waals surface area contributed by atoms with Crippen molar-refractivity contribution >= 4 is 5.91 Å². The third-order valence-electron chi connectivity index (χ3n) is 2.90. The molecule has 0 heterocycles. The minimum Gasteiger partial charge on any atom is -0.508 e. The lowest BCUT2D eigenvalue weighted by atomic mass is 10.1. The van der Waals surface area contributed by atoms with Crippen molar-refractivity contribution in [2.24, 2.45) is 0 Å². The van der Waals surface area contributed by atoms with Gasteiger partial charge in [0.2, 0.25) is 5.91 Å². The molecule has 1 unspecified atom stereocenters. The largest absolute Gasteiger partial charge is 0.508 e. The number of rotatable bonds is 5. The maximum atomic E-state index is 11.5. The van der Waals surface area contributed by atoms with Crippen LogP contribution in [0.15, 0.2) is 24.3 Å². The Bertz CT molecular complexity index is 385. The van der Waals surface area contributed by atoms with Crippen molar-refractivity contribution in [3.8, 4) is 5.75 Å². The van der Waals surface area contributed by atoms with Crippen LogP contribution in [-0.2, 0) is 4.79 Å². The second-order valence-corrected chi connectivity index (χ2v) is 4.54. The lowest BCUT2D eigenvalue weighted by molar-refractivity contribution is -0.120. The molecule has 1 aromatic rings. The third kappa shape index (κ3) is 3.75. The molecule has 1 atom stereocenters. The number of carbonyl (C=O) groups excluding carboxylic acids is 1. The summed E-state index contributed by atoms with van der Waals surface area (Å²) in [6.07, 6.45) is 2.22. The Morgan fingerprint density at radius 1 is 1.41 bits per heavy atom. The number of nitrogens with one attached hydrogen (secondary N) is 2. The van der Waals surface area contributed by atoms with Crippen LogP contribution in [-0.4, -0.2) is 23.6 Å². The van der Waals surface area contributed by atoms with Crippen molar-refractivity contribution in [3.63, 3.8) is 0 Å². The van der Waals surface area contributed by atoms with Gasteiger partial charge >= 0.3 is 0 Å². The Morgan fingerprint density at radius 2 is 2.06 bits per heavy atom. The molecule has 0 aliphatic heterocycles. The highest BCUT2D eigenvalue weighted by Crippen LogP contribution is 2.18. The maximum absolute atomic E-state index is 11.5. The van der Waals surface area contributed by atoms with Gasteiger partial charge in [0.25, 0.3) is 0 Å². The predicted octanol–water partition coefficient (Wildman–Crippen LogP) is 1.32. The Morgan fingerprint density at radius 3 is 2.65 bits per heavy atom. The fourth-order valence-electron chi connectivity index (χ4n) is 1.63. The Labute approximate surface area is 101 Å². The SMILES string of the molecule is CC(NCC(=O)NC1CC1)c1ccc(O)cc1. The van der Waals surface area contributed by atoms with E-state index < -0.39 is 0 Å². The molecular weight excluding hydrogens is 216 g/mol. The molecular formula is C13H18N2O2. The van der Waals surface area contributed by atoms with E-state index in [-0.39, 0.29) is 17.7 Å². The van der Waals surface area contributed by atoms with E-state index in [0.717, 1.165) is 18.4 Å². The van der Waals surface area contributed by atoms with Crippen LogP contribution >= 0.6 is 0 Å². The number of phenolic OH excluding ortho intramolecular Hbond substituents is 1. The van der Waals surface area contributed by atoms with Crippen LogP contribution in [0.3, 0.4) is 0 Å². The van der Waals surface area contributed by atoms with E-state index in [1.54, 1.807) is 12.1 Å². The van der Waals surface area contributed by atoms with Gasteiger partial charge in [-0.2, -0.15) is 0 Å². The Hall–Kier alpha value is -1.55. The summed E-state index contributed by atoms with van der Waals surface area (Å²) in [5.74, 6) is 0.311. The number of hydrogen-bond donors (Lipinski definition) is 3. The number of carbonyl (C=O) groups is 1. The average molecular weight is 234 g/mol. The van der Waals surface area contributed by atoms with Gasteiger partial charge in [0, 0.05) is 12.1 Å². The summed E-state index contributed by atoms with van der Waals surface area (Å²) in [4.78, 5) is 11.5. The van der Waals surface area contributed by atoms with Crippen molar-refractivity contribution < 1.29 is 9.90 Å². The monoisotopic (exact) mass is 234 g/mol. The highest BCUT2D eigenvalue weighted by molar-refractivity contribution is 5.78. The second kappa shape index (κ2) is 5.19. The highest BCUT2D eigenvalue weighted by atomic mass is 16.3. The van der Waals surface area contributed by atoms with Gasteiger partial charge in [-0.25, -0.2) is 0 Å². The normalized spacial score (nSPS) is 16.5. The molecule has 1 aromatic carbocycles. The number of aromatic hydroxyl groups is 1. The summed E-state index contributed by atoms with van der Waals surface area (Å²) in [6, 6.07) is 7.52. The first-order chi connectivity index (χ1) is 8.15. The van der Waals surface area contributed by atoms with Gasteiger partial charge in [-0.1, -0.05) is 12.1 Å². The van der Waals surface area contributed by atoms with Crippen molar-refractivity contribution in [2.75, 3.05) is 6.54 Å². The molecule has 2 rings (SSSR count). The minimum atomic E-state index is 0.0538. The van der Waals surface area contributed by atoms with Gasteiger partial charge in [0.05, 0.1) is 6.54 Å². The molecule has 92 valence electrons. The molecule has 0 radical (unpaired) electrons. The fourth-order valence-corrected chi connectivity index (χ4v) is 1.63. The zero-order valence-corrected chi connectivity index (χ0v) is 9.94. The van der Waals surface area contributed by atoms with E-state index in [0.29, 0.717) is 12.6 Å². The molecule has 1 aliphatic carbocycles. The van der Waals surface area contributed by atoms with Crippen molar-refractivity contribution in [1.82, 2.24) is 10.6 Å². The number of hydrogen-bond acceptors (Lipinski definition) is 3. The molecule has 1 fully saturated rings. The molecule has 17 heavy (non-hydrogen) atoms. The predicted molar refractivity (Wildman–Crippen MR) is 65.7 cm³/mol. The lowest BCUT2D eigenvalue weighted by Gasteiger charge is -2.14. The molecule has 4 nitrogen and oxygen atoms in total. The standard InChI is InChI=1S/C13H18N2O2/c1-9(10-2-6-12(16)7-3-10)14-8-13(17)15-11-4-5-11/h2-3,6-7,9,11,14,16H,4-5,8H2,1H3,(H,15,17). The Balaban J connectivity index is 1.77. The summed E-state index contributed by atoms with van der Waals surface area (Å²) in [6.45, 7) is 2.33. The zero-order valence-electron chi connectivity index (χ0n) is 9.94. The van der Waals surface area contributed by atoms with E-state index in [1.165, 1.54) is 0 Å². The molecule has 0 aromatic heterocycles. The van der Waals surface area contributed by atoms with Crippen LogP contribution in [0.5, 0.6) is 5.75 Å². The molecule has 4 heteroatoms. The first-order valence-corrected chi connectivity index (χ1v) is 5.97. The van der Waals surface area contributed by atoms with E-state index in [9.17, 15) is 9.90 Å². The molecule has 0 saturated heterocycles. The molecule has 1 aliphatic rings. The van der Waals surface area contributed by atoms with E-state index in [4.69, 9.17) is 0 Å². The van der Waals surface area contributed by atoms with Crippen molar-refractivity contribution in [2.45, 2.75) is 31.8 Å². The molecule has 0 bridgehead atoms. The number of amides is 1. The van der Waals surface area contributed by atoms with Crippen LogP contribution in [0, 0.1) is 0 Å². The highest BCUT2D eigenvalue weighted by Gasteiger charge is 2.23. The first kappa shape index (κ1) is 11.9. The van der Waals surface area contributed by atoms with Crippen LogP contribution in [0.2, 0.25) is 0 Å². The topological polar surface area (TPSA) is 61.4 Å². The van der Waals surface area contributed by atoms with Crippen LogP contribution in [0.25, 0.3) is 0 Å². The van der Waals surface area contributed by atoms with Gasteiger partial charge in [-0.05, 0) is 37.5 Å². The summed E-state index contributed by atoms with van der Waals surface area (Å²) in [7, 11) is 0. The second-order valence-electron chi connectivity index (χ2n) is 4.54. The third-order valence-corrected chi connectivity index (χ3v) is 2.90. The smallest absolute Gasteiger partial charge is 0.234 e. The van der Waals surface area contributed by atoms with Crippen LogP contribution in [0.4, 0.5) is 0 Å². The number of phenols is 1. The molecule has 0 spiro atoms. The molecule has 3 N–H and O–H groups in total. The number of benzene rings is 1. The summed E-state index contributed by atoms with van der Waals surface area (Å²) < 4.78 is 0. The van der Waals surface area contributed by atoms with Gasteiger partial charge in [0.1, 0.15) is 5.75 Å². The van der Waals surface area contributed by atoms with Crippen molar-refractivity contribution in [1.29, 1.82) is 0 Å². The zero-order chi connectivity index (χ0) is 12.3. The first-order valence-electron chi connectivity index (χ1n) is 5.97. The van der Waals surface area contributed by atoms with Gasteiger partial charge in [-0.3, -0.25) is 4.79 Å². The quantitative estimate of drug-likeness (QED) is 0.720. The van der Waals surface area contributed by atoms with E-state index >= 15 is 0 Å².